The second-order valence-electron chi connectivity index (χ2n) is 4.93. The molecular formula is C15H20BrIN4. The molecule has 21 heavy (non-hydrogen) atoms. The highest BCUT2D eigenvalue weighted by atomic mass is 127. The van der Waals surface area contributed by atoms with E-state index < -0.39 is 0 Å². The average Bonchev–Trinajstić information content (AvgIpc) is 2.92. The number of hydrogen-bond acceptors (Lipinski definition) is 3. The van der Waals surface area contributed by atoms with Gasteiger partial charge in [0.15, 0.2) is 0 Å². The first-order chi connectivity index (χ1) is 10.2. The summed E-state index contributed by atoms with van der Waals surface area (Å²) >= 11 is 6.03. The van der Waals surface area contributed by atoms with Gasteiger partial charge in [0, 0.05) is 14.6 Å². The van der Waals surface area contributed by atoms with Crippen LogP contribution in [0.3, 0.4) is 0 Å². The van der Waals surface area contributed by atoms with Gasteiger partial charge in [0.25, 0.3) is 0 Å². The second kappa shape index (κ2) is 8.24. The van der Waals surface area contributed by atoms with E-state index in [1.54, 1.807) is 0 Å². The van der Waals surface area contributed by atoms with Crippen molar-refractivity contribution in [2.45, 2.75) is 39.3 Å². The molecule has 6 heteroatoms. The van der Waals surface area contributed by atoms with Gasteiger partial charge in [-0.1, -0.05) is 35.0 Å². The van der Waals surface area contributed by atoms with E-state index in [0.717, 1.165) is 36.1 Å². The molecule has 0 aliphatic rings. The Kier molecular flexibility index (Phi) is 6.63. The molecule has 1 aromatic carbocycles. The zero-order valence-corrected chi connectivity index (χ0v) is 16.1. The van der Waals surface area contributed by atoms with Gasteiger partial charge in [-0.05, 0) is 65.7 Å². The minimum atomic E-state index is 0.107. The third-order valence-corrected chi connectivity index (χ3v) is 4.64. The summed E-state index contributed by atoms with van der Waals surface area (Å²) < 4.78 is 4.34. The second-order valence-corrected chi connectivity index (χ2v) is 7.03. The van der Waals surface area contributed by atoms with Crippen molar-refractivity contribution in [1.29, 1.82) is 0 Å². The number of aromatic nitrogens is 3. The molecule has 0 aliphatic heterocycles. The van der Waals surface area contributed by atoms with Crippen LogP contribution in [0.2, 0.25) is 0 Å². The van der Waals surface area contributed by atoms with Crippen molar-refractivity contribution in [3.63, 3.8) is 0 Å². The van der Waals surface area contributed by atoms with Gasteiger partial charge in [0.2, 0.25) is 0 Å². The normalized spacial score (nSPS) is 12.6. The van der Waals surface area contributed by atoms with Crippen molar-refractivity contribution in [3.05, 3.63) is 43.7 Å². The van der Waals surface area contributed by atoms with Crippen LogP contribution >= 0.6 is 38.5 Å². The molecule has 0 saturated heterocycles. The van der Waals surface area contributed by atoms with Crippen molar-refractivity contribution in [3.8, 4) is 0 Å². The minimum absolute atomic E-state index is 0.107. The van der Waals surface area contributed by atoms with Crippen LogP contribution in [0, 0.1) is 3.57 Å². The van der Waals surface area contributed by atoms with Gasteiger partial charge in [-0.3, -0.25) is 0 Å². The zero-order chi connectivity index (χ0) is 15.2. The SMILES string of the molecule is CCCNC(c1cc(I)ccc1Br)c1cnnn1CCC. The number of benzene rings is 1. The van der Waals surface area contributed by atoms with Gasteiger partial charge in [-0.15, -0.1) is 5.10 Å². The molecule has 2 aromatic rings. The van der Waals surface area contributed by atoms with Crippen LogP contribution in [0.15, 0.2) is 28.9 Å². The van der Waals surface area contributed by atoms with Crippen molar-refractivity contribution in [2.24, 2.45) is 0 Å². The standard InChI is InChI=1S/C15H20BrIN4/c1-3-7-18-15(12-9-11(17)5-6-13(12)16)14-10-19-20-21(14)8-4-2/h5-6,9-10,15,18H,3-4,7-8H2,1-2H3. The van der Waals surface area contributed by atoms with E-state index in [1.165, 1.54) is 9.13 Å². The fourth-order valence-corrected chi connectivity index (χ4v) is 3.26. The van der Waals surface area contributed by atoms with Gasteiger partial charge in [0.1, 0.15) is 0 Å². The molecule has 0 amide bonds. The highest BCUT2D eigenvalue weighted by molar-refractivity contribution is 14.1. The summed E-state index contributed by atoms with van der Waals surface area (Å²) in [4.78, 5) is 0. The molecule has 0 spiro atoms. The minimum Gasteiger partial charge on any atom is -0.305 e. The van der Waals surface area contributed by atoms with Crippen LogP contribution in [0.4, 0.5) is 0 Å². The summed E-state index contributed by atoms with van der Waals surface area (Å²) in [5.41, 5.74) is 2.35. The molecule has 1 heterocycles. The molecule has 1 atom stereocenters. The Labute approximate surface area is 148 Å². The predicted octanol–water partition coefficient (Wildman–Crippen LogP) is 4.14. The lowest BCUT2D eigenvalue weighted by Crippen LogP contribution is -2.26. The van der Waals surface area contributed by atoms with Crippen molar-refractivity contribution in [2.75, 3.05) is 6.54 Å². The van der Waals surface area contributed by atoms with E-state index in [4.69, 9.17) is 0 Å². The van der Waals surface area contributed by atoms with Crippen LogP contribution < -0.4 is 5.32 Å². The Hall–Kier alpha value is -0.470. The Balaban J connectivity index is 2.42. The van der Waals surface area contributed by atoms with E-state index in [1.807, 2.05) is 10.9 Å². The summed E-state index contributed by atoms with van der Waals surface area (Å²) in [5, 5.41) is 11.9. The highest BCUT2D eigenvalue weighted by Crippen LogP contribution is 2.30. The maximum Gasteiger partial charge on any atom is 0.0802 e. The molecular weight excluding hydrogens is 443 g/mol. The summed E-state index contributed by atoms with van der Waals surface area (Å²) in [5.74, 6) is 0. The lowest BCUT2D eigenvalue weighted by molar-refractivity contribution is 0.503. The molecule has 4 nitrogen and oxygen atoms in total. The quantitative estimate of drug-likeness (QED) is 0.628. The highest BCUT2D eigenvalue weighted by Gasteiger charge is 2.21. The lowest BCUT2D eigenvalue weighted by Gasteiger charge is -2.21. The Morgan fingerprint density at radius 3 is 2.86 bits per heavy atom. The topological polar surface area (TPSA) is 42.7 Å². The average molecular weight is 463 g/mol. The van der Waals surface area contributed by atoms with Crippen molar-refractivity contribution >= 4 is 38.5 Å². The van der Waals surface area contributed by atoms with Gasteiger partial charge in [-0.2, -0.15) is 0 Å². The third-order valence-electron chi connectivity index (χ3n) is 3.25. The number of hydrogen-bond donors (Lipinski definition) is 1. The number of aryl methyl sites for hydroxylation is 1. The van der Waals surface area contributed by atoms with Gasteiger partial charge < -0.3 is 5.32 Å². The molecule has 0 radical (unpaired) electrons. The number of nitrogens with zero attached hydrogens (tertiary/aromatic N) is 3. The fourth-order valence-electron chi connectivity index (χ4n) is 2.27. The summed E-state index contributed by atoms with van der Waals surface area (Å²) in [7, 11) is 0. The molecule has 0 bridgehead atoms. The smallest absolute Gasteiger partial charge is 0.0802 e. The van der Waals surface area contributed by atoms with Crippen LogP contribution in [0.1, 0.15) is 44.0 Å². The van der Waals surface area contributed by atoms with E-state index in [9.17, 15) is 0 Å². The summed E-state index contributed by atoms with van der Waals surface area (Å²) in [6.45, 7) is 6.18. The molecule has 0 fully saturated rings. The first kappa shape index (κ1) is 16.9. The maximum atomic E-state index is 4.22. The van der Waals surface area contributed by atoms with Crippen LogP contribution in [0.25, 0.3) is 0 Å². The van der Waals surface area contributed by atoms with Gasteiger partial charge >= 0.3 is 0 Å². The van der Waals surface area contributed by atoms with E-state index in [-0.39, 0.29) is 6.04 Å². The molecule has 2 rings (SSSR count). The Bertz CT molecular complexity index is 585. The monoisotopic (exact) mass is 462 g/mol. The van der Waals surface area contributed by atoms with Gasteiger partial charge in [-0.25, -0.2) is 4.68 Å². The first-order valence-electron chi connectivity index (χ1n) is 7.24. The van der Waals surface area contributed by atoms with Crippen LogP contribution in [-0.2, 0) is 6.54 Å². The lowest BCUT2D eigenvalue weighted by atomic mass is 10.0. The van der Waals surface area contributed by atoms with Crippen molar-refractivity contribution < 1.29 is 0 Å². The molecule has 0 saturated carbocycles. The predicted molar refractivity (Wildman–Crippen MR) is 97.3 cm³/mol. The summed E-state index contributed by atoms with van der Waals surface area (Å²) in [6, 6.07) is 6.52. The molecule has 1 N–H and O–H groups in total. The number of rotatable bonds is 7. The molecule has 1 aromatic heterocycles. The van der Waals surface area contributed by atoms with E-state index in [2.05, 4.69) is 86.2 Å². The molecule has 0 aliphatic carbocycles. The Morgan fingerprint density at radius 2 is 2.14 bits per heavy atom. The third kappa shape index (κ3) is 4.26. The van der Waals surface area contributed by atoms with Gasteiger partial charge in [0.05, 0.1) is 17.9 Å². The van der Waals surface area contributed by atoms with Crippen LogP contribution in [0.5, 0.6) is 0 Å². The first-order valence-corrected chi connectivity index (χ1v) is 9.11. The molecule has 114 valence electrons. The fraction of sp³-hybridized carbons (Fsp3) is 0.467. The van der Waals surface area contributed by atoms with E-state index >= 15 is 0 Å². The van der Waals surface area contributed by atoms with Crippen LogP contribution in [-0.4, -0.2) is 21.5 Å². The maximum absolute atomic E-state index is 4.22. The molecule has 1 unspecified atom stereocenters. The van der Waals surface area contributed by atoms with E-state index in [0.29, 0.717) is 0 Å². The summed E-state index contributed by atoms with van der Waals surface area (Å²) in [6.07, 6.45) is 4.01. The number of halogens is 2. The number of nitrogens with one attached hydrogen (secondary N) is 1. The Morgan fingerprint density at radius 1 is 1.33 bits per heavy atom. The largest absolute Gasteiger partial charge is 0.305 e. The zero-order valence-electron chi connectivity index (χ0n) is 12.3. The van der Waals surface area contributed by atoms with Crippen molar-refractivity contribution in [1.82, 2.24) is 20.3 Å².